The number of rotatable bonds is 7. The normalized spacial score (nSPS) is 10.7. The molecule has 0 radical (unpaired) electrons. The molecule has 0 atom stereocenters. The summed E-state index contributed by atoms with van der Waals surface area (Å²) in [5, 5.41) is 8.89. The van der Waals surface area contributed by atoms with Gasteiger partial charge in [-0.1, -0.05) is 26.2 Å². The molecule has 0 unspecified atom stereocenters. The Morgan fingerprint density at radius 2 is 2.20 bits per heavy atom. The summed E-state index contributed by atoms with van der Waals surface area (Å²) in [6.45, 7) is 4.86. The summed E-state index contributed by atoms with van der Waals surface area (Å²) < 4.78 is 7.80. The minimum absolute atomic E-state index is 0.368. The van der Waals surface area contributed by atoms with Crippen LogP contribution in [0.25, 0.3) is 5.65 Å². The number of aryl methyl sites for hydroxylation is 1. The number of nitriles is 1. The molecule has 4 nitrogen and oxygen atoms in total. The largest absolute Gasteiger partial charge is 0.490 e. The predicted octanol–water partition coefficient (Wildman–Crippen LogP) is 3.67. The molecule has 0 aliphatic rings. The molecule has 0 aliphatic heterocycles. The van der Waals surface area contributed by atoms with Gasteiger partial charge in [-0.15, -0.1) is 0 Å². The molecule has 0 bridgehead atoms. The first-order valence-corrected chi connectivity index (χ1v) is 7.24. The number of nitrogens with zero attached hydrogens (tertiary/aromatic N) is 3. The van der Waals surface area contributed by atoms with E-state index in [1.165, 1.54) is 19.3 Å². The Labute approximate surface area is 120 Å². The topological polar surface area (TPSA) is 50.3 Å². The van der Waals surface area contributed by atoms with Crippen LogP contribution in [-0.4, -0.2) is 16.0 Å². The van der Waals surface area contributed by atoms with Crippen LogP contribution < -0.4 is 4.74 Å². The molecule has 106 valence electrons. The van der Waals surface area contributed by atoms with E-state index in [2.05, 4.69) is 18.0 Å². The molecule has 0 saturated carbocycles. The zero-order valence-corrected chi connectivity index (χ0v) is 12.2. The maximum absolute atomic E-state index is 8.89. The maximum atomic E-state index is 8.89. The van der Waals surface area contributed by atoms with E-state index in [0.29, 0.717) is 6.42 Å². The molecule has 0 aliphatic carbocycles. The van der Waals surface area contributed by atoms with Crippen LogP contribution in [0, 0.1) is 18.3 Å². The first-order chi connectivity index (χ1) is 9.77. The third-order valence-corrected chi connectivity index (χ3v) is 3.42. The fourth-order valence-electron chi connectivity index (χ4n) is 2.32. The number of ether oxygens (including phenoxy) is 1. The van der Waals surface area contributed by atoms with Gasteiger partial charge in [0.1, 0.15) is 0 Å². The molecule has 2 heterocycles. The van der Waals surface area contributed by atoms with Gasteiger partial charge in [0, 0.05) is 6.20 Å². The van der Waals surface area contributed by atoms with Crippen molar-refractivity contribution in [2.75, 3.05) is 6.61 Å². The van der Waals surface area contributed by atoms with Crippen LogP contribution in [-0.2, 0) is 6.42 Å². The fourth-order valence-corrected chi connectivity index (χ4v) is 2.32. The number of hydrogen-bond donors (Lipinski definition) is 0. The summed E-state index contributed by atoms with van der Waals surface area (Å²) >= 11 is 0. The molecule has 4 heteroatoms. The number of imidazole rings is 1. The Morgan fingerprint density at radius 1 is 1.35 bits per heavy atom. The zero-order valence-electron chi connectivity index (χ0n) is 12.2. The highest BCUT2D eigenvalue weighted by atomic mass is 16.5. The van der Waals surface area contributed by atoms with Gasteiger partial charge in [-0.25, -0.2) is 4.98 Å². The molecule has 2 aromatic rings. The summed E-state index contributed by atoms with van der Waals surface area (Å²) in [6.07, 6.45) is 7.06. The molecule has 20 heavy (non-hydrogen) atoms. The fraction of sp³-hybridized carbons (Fsp3) is 0.500. The van der Waals surface area contributed by atoms with Crippen LogP contribution in [0.4, 0.5) is 0 Å². The van der Waals surface area contributed by atoms with Crippen LogP contribution in [0.1, 0.15) is 44.0 Å². The Hall–Kier alpha value is -2.02. The number of pyridine rings is 1. The molecule has 0 amide bonds. The van der Waals surface area contributed by atoms with E-state index in [4.69, 9.17) is 10.00 Å². The van der Waals surface area contributed by atoms with Crippen LogP contribution in [0.15, 0.2) is 18.3 Å². The minimum atomic E-state index is 0.368. The lowest BCUT2D eigenvalue weighted by molar-refractivity contribution is 0.307. The van der Waals surface area contributed by atoms with E-state index in [1.807, 2.05) is 29.7 Å². The third kappa shape index (κ3) is 3.11. The maximum Gasteiger partial charge on any atom is 0.180 e. The van der Waals surface area contributed by atoms with Gasteiger partial charge in [0.2, 0.25) is 0 Å². The van der Waals surface area contributed by atoms with Crippen molar-refractivity contribution in [3.63, 3.8) is 0 Å². The quantitative estimate of drug-likeness (QED) is 0.722. The molecule has 0 aromatic carbocycles. The average Bonchev–Trinajstić information content (AvgIpc) is 2.77. The summed E-state index contributed by atoms with van der Waals surface area (Å²) in [4.78, 5) is 4.53. The smallest absolute Gasteiger partial charge is 0.180 e. The lowest BCUT2D eigenvalue weighted by Crippen LogP contribution is -2.00. The van der Waals surface area contributed by atoms with Crippen molar-refractivity contribution in [1.29, 1.82) is 5.26 Å². The van der Waals surface area contributed by atoms with Gasteiger partial charge in [0.15, 0.2) is 11.4 Å². The van der Waals surface area contributed by atoms with Crippen molar-refractivity contribution in [2.45, 2.75) is 46.0 Å². The number of hydrogen-bond acceptors (Lipinski definition) is 3. The van der Waals surface area contributed by atoms with Gasteiger partial charge in [-0.3, -0.25) is 4.40 Å². The number of unbranched alkanes of at least 4 members (excludes halogenated alkanes) is 3. The first kappa shape index (κ1) is 14.4. The van der Waals surface area contributed by atoms with Gasteiger partial charge in [0.25, 0.3) is 0 Å². The molecular formula is C16H21N3O. The van der Waals surface area contributed by atoms with Crippen LogP contribution >= 0.6 is 0 Å². The SMILES string of the molecule is CCCCCCOc1cccn2c(CC#N)c(C)nc12. The van der Waals surface area contributed by atoms with E-state index in [9.17, 15) is 0 Å². The van der Waals surface area contributed by atoms with Crippen molar-refractivity contribution in [3.8, 4) is 11.8 Å². The van der Waals surface area contributed by atoms with E-state index in [0.717, 1.165) is 35.8 Å². The Bertz CT molecular complexity index is 610. The van der Waals surface area contributed by atoms with Gasteiger partial charge in [-0.05, 0) is 25.5 Å². The predicted molar refractivity (Wildman–Crippen MR) is 78.9 cm³/mol. The van der Waals surface area contributed by atoms with Gasteiger partial charge < -0.3 is 4.74 Å². The van der Waals surface area contributed by atoms with E-state index >= 15 is 0 Å². The van der Waals surface area contributed by atoms with Crippen LogP contribution in [0.5, 0.6) is 5.75 Å². The van der Waals surface area contributed by atoms with E-state index < -0.39 is 0 Å². The highest BCUT2D eigenvalue weighted by Crippen LogP contribution is 2.22. The highest BCUT2D eigenvalue weighted by Gasteiger charge is 2.11. The van der Waals surface area contributed by atoms with Crippen molar-refractivity contribution in [1.82, 2.24) is 9.38 Å². The zero-order chi connectivity index (χ0) is 14.4. The summed E-state index contributed by atoms with van der Waals surface area (Å²) in [5.41, 5.74) is 2.65. The number of fused-ring (bicyclic) bond motifs is 1. The van der Waals surface area contributed by atoms with E-state index in [-0.39, 0.29) is 0 Å². The molecule has 0 spiro atoms. The van der Waals surface area contributed by atoms with Gasteiger partial charge in [0.05, 0.1) is 30.5 Å². The molecular weight excluding hydrogens is 250 g/mol. The number of aromatic nitrogens is 2. The first-order valence-electron chi connectivity index (χ1n) is 7.24. The monoisotopic (exact) mass is 271 g/mol. The second kappa shape index (κ2) is 6.95. The van der Waals surface area contributed by atoms with Crippen molar-refractivity contribution in [2.24, 2.45) is 0 Å². The standard InChI is InChI=1S/C16H21N3O/c1-3-4-5-6-12-20-15-8-7-11-19-14(9-10-17)13(2)18-16(15)19/h7-8,11H,3-6,9,12H2,1-2H3. The second-order valence-corrected chi connectivity index (χ2v) is 4.95. The lowest BCUT2D eigenvalue weighted by Gasteiger charge is -2.07. The van der Waals surface area contributed by atoms with Gasteiger partial charge in [-0.2, -0.15) is 5.26 Å². The average molecular weight is 271 g/mol. The molecule has 0 N–H and O–H groups in total. The van der Waals surface area contributed by atoms with E-state index in [1.54, 1.807) is 0 Å². The summed E-state index contributed by atoms with van der Waals surface area (Å²) in [5.74, 6) is 0.802. The second-order valence-electron chi connectivity index (χ2n) is 4.95. The Kier molecular flexibility index (Phi) is 5.00. The molecule has 0 saturated heterocycles. The molecule has 0 fully saturated rings. The molecule has 2 aromatic heterocycles. The van der Waals surface area contributed by atoms with Crippen LogP contribution in [0.3, 0.4) is 0 Å². The van der Waals surface area contributed by atoms with Crippen molar-refractivity contribution in [3.05, 3.63) is 29.7 Å². The van der Waals surface area contributed by atoms with Gasteiger partial charge >= 0.3 is 0 Å². The molecule has 2 rings (SSSR count). The minimum Gasteiger partial charge on any atom is -0.490 e. The summed E-state index contributed by atoms with van der Waals surface area (Å²) in [7, 11) is 0. The van der Waals surface area contributed by atoms with Crippen LogP contribution in [0.2, 0.25) is 0 Å². The highest BCUT2D eigenvalue weighted by molar-refractivity contribution is 5.56. The van der Waals surface area contributed by atoms with Crippen molar-refractivity contribution >= 4 is 5.65 Å². The Morgan fingerprint density at radius 3 is 2.95 bits per heavy atom. The third-order valence-electron chi connectivity index (χ3n) is 3.42. The summed E-state index contributed by atoms with van der Waals surface area (Å²) in [6, 6.07) is 6.07. The van der Waals surface area contributed by atoms with Crippen molar-refractivity contribution < 1.29 is 4.74 Å². The Balaban J connectivity index is 2.14. The lowest BCUT2D eigenvalue weighted by atomic mass is 10.2.